The Hall–Kier alpha value is -0.610. The van der Waals surface area contributed by atoms with Gasteiger partial charge < -0.3 is 14.8 Å². The van der Waals surface area contributed by atoms with Gasteiger partial charge >= 0.3 is 5.97 Å². The van der Waals surface area contributed by atoms with Gasteiger partial charge in [-0.3, -0.25) is 4.79 Å². The molecule has 0 spiro atoms. The summed E-state index contributed by atoms with van der Waals surface area (Å²) in [5.41, 5.74) is -0.566. The third-order valence-electron chi connectivity index (χ3n) is 4.59. The fourth-order valence-corrected chi connectivity index (χ4v) is 3.10. The first-order valence-corrected chi connectivity index (χ1v) is 8.47. The number of hydrogen-bond donors (Lipinski definition) is 1. The first-order valence-electron chi connectivity index (χ1n) is 8.47. The predicted octanol–water partition coefficient (Wildman–Crippen LogP) is 3.29. The standard InChI is InChI=1S/C17H33NO3/c1-5-18-17(3,16(19)20-4)12-6-7-13-21-15-10-8-14(2)9-11-15/h14-15,18H,5-13H2,1-4H3. The zero-order chi connectivity index (χ0) is 15.7. The van der Waals surface area contributed by atoms with Gasteiger partial charge in [0.2, 0.25) is 0 Å². The number of rotatable bonds is 9. The highest BCUT2D eigenvalue weighted by Crippen LogP contribution is 2.25. The zero-order valence-electron chi connectivity index (χ0n) is 14.2. The molecule has 0 amide bonds. The number of esters is 1. The van der Waals surface area contributed by atoms with Gasteiger partial charge in [-0.25, -0.2) is 0 Å². The van der Waals surface area contributed by atoms with Crippen molar-refractivity contribution in [2.45, 2.75) is 77.4 Å². The van der Waals surface area contributed by atoms with Crippen molar-refractivity contribution >= 4 is 5.97 Å². The minimum Gasteiger partial charge on any atom is -0.468 e. The van der Waals surface area contributed by atoms with Gasteiger partial charge in [0.15, 0.2) is 0 Å². The number of unbranched alkanes of at least 4 members (excludes halogenated alkanes) is 1. The fraction of sp³-hybridized carbons (Fsp3) is 0.941. The van der Waals surface area contributed by atoms with Gasteiger partial charge in [0, 0.05) is 6.61 Å². The molecule has 1 atom stereocenters. The molecular weight excluding hydrogens is 266 g/mol. The average molecular weight is 299 g/mol. The average Bonchev–Trinajstić information content (AvgIpc) is 2.48. The third kappa shape index (κ3) is 6.35. The van der Waals surface area contributed by atoms with Crippen LogP contribution >= 0.6 is 0 Å². The summed E-state index contributed by atoms with van der Waals surface area (Å²) in [5, 5.41) is 3.24. The van der Waals surface area contributed by atoms with Gasteiger partial charge in [-0.15, -0.1) is 0 Å². The molecule has 0 aromatic heterocycles. The lowest BCUT2D eigenvalue weighted by atomic mass is 9.89. The molecule has 4 heteroatoms. The summed E-state index contributed by atoms with van der Waals surface area (Å²) < 4.78 is 10.9. The van der Waals surface area contributed by atoms with Crippen LogP contribution in [0, 0.1) is 5.92 Å². The Morgan fingerprint density at radius 2 is 1.90 bits per heavy atom. The van der Waals surface area contributed by atoms with E-state index < -0.39 is 5.54 Å². The van der Waals surface area contributed by atoms with Gasteiger partial charge in [-0.05, 0) is 64.3 Å². The molecule has 1 saturated carbocycles. The Kier molecular flexibility index (Phi) is 8.27. The fourth-order valence-electron chi connectivity index (χ4n) is 3.10. The Balaban J connectivity index is 2.18. The van der Waals surface area contributed by atoms with E-state index in [1.165, 1.54) is 32.8 Å². The summed E-state index contributed by atoms with van der Waals surface area (Å²) >= 11 is 0. The molecular formula is C17H33NO3. The van der Waals surface area contributed by atoms with Crippen LogP contribution < -0.4 is 5.32 Å². The molecule has 0 aromatic carbocycles. The molecule has 4 nitrogen and oxygen atoms in total. The first kappa shape index (κ1) is 18.4. The van der Waals surface area contributed by atoms with E-state index in [4.69, 9.17) is 9.47 Å². The Morgan fingerprint density at radius 1 is 1.24 bits per heavy atom. The number of carbonyl (C=O) groups is 1. The predicted molar refractivity (Wildman–Crippen MR) is 85.3 cm³/mol. The summed E-state index contributed by atoms with van der Waals surface area (Å²) in [4.78, 5) is 11.8. The number of nitrogens with one attached hydrogen (secondary N) is 1. The highest BCUT2D eigenvalue weighted by atomic mass is 16.5. The lowest BCUT2D eigenvalue weighted by Gasteiger charge is -2.28. The van der Waals surface area contributed by atoms with Crippen molar-refractivity contribution in [1.29, 1.82) is 0 Å². The molecule has 1 fully saturated rings. The molecule has 1 aliphatic carbocycles. The molecule has 0 saturated heterocycles. The molecule has 0 bridgehead atoms. The van der Waals surface area contributed by atoms with Crippen LogP contribution in [0.2, 0.25) is 0 Å². The molecule has 0 aromatic rings. The number of methoxy groups -OCH3 is 1. The Bertz CT molecular complexity index is 300. The number of hydrogen-bond acceptors (Lipinski definition) is 4. The molecule has 1 N–H and O–H groups in total. The van der Waals surface area contributed by atoms with Crippen LogP contribution in [0.25, 0.3) is 0 Å². The second-order valence-corrected chi connectivity index (χ2v) is 6.56. The van der Waals surface area contributed by atoms with Crippen LogP contribution in [0.1, 0.15) is 65.7 Å². The number of carbonyl (C=O) groups excluding carboxylic acids is 1. The molecule has 0 radical (unpaired) electrons. The summed E-state index contributed by atoms with van der Waals surface area (Å²) in [6.07, 6.45) is 8.24. The lowest BCUT2D eigenvalue weighted by molar-refractivity contribution is -0.148. The maximum Gasteiger partial charge on any atom is 0.325 e. The van der Waals surface area contributed by atoms with Crippen LogP contribution in [0.15, 0.2) is 0 Å². The SMILES string of the molecule is CCNC(C)(CCCCOC1CCC(C)CC1)C(=O)OC. The van der Waals surface area contributed by atoms with Gasteiger partial charge in [0.05, 0.1) is 13.2 Å². The quantitative estimate of drug-likeness (QED) is 0.524. The van der Waals surface area contributed by atoms with E-state index >= 15 is 0 Å². The molecule has 124 valence electrons. The van der Waals surface area contributed by atoms with Gasteiger partial charge in [-0.1, -0.05) is 13.8 Å². The summed E-state index contributed by atoms with van der Waals surface area (Å²) in [6, 6.07) is 0. The van der Waals surface area contributed by atoms with Crippen LogP contribution in [-0.2, 0) is 14.3 Å². The smallest absolute Gasteiger partial charge is 0.325 e. The Labute approximate surface area is 130 Å². The molecule has 0 aliphatic heterocycles. The number of likely N-dealkylation sites (N-methyl/N-ethyl adjacent to an activating group) is 1. The molecule has 21 heavy (non-hydrogen) atoms. The molecule has 1 rings (SSSR count). The van der Waals surface area contributed by atoms with Crippen molar-refractivity contribution in [1.82, 2.24) is 5.32 Å². The van der Waals surface area contributed by atoms with Crippen molar-refractivity contribution in [2.75, 3.05) is 20.3 Å². The highest BCUT2D eigenvalue weighted by molar-refractivity contribution is 5.80. The van der Waals surface area contributed by atoms with Crippen LogP contribution in [-0.4, -0.2) is 37.9 Å². The van der Waals surface area contributed by atoms with E-state index in [2.05, 4.69) is 12.2 Å². The zero-order valence-corrected chi connectivity index (χ0v) is 14.2. The minimum atomic E-state index is -0.566. The number of ether oxygens (including phenoxy) is 2. The highest BCUT2D eigenvalue weighted by Gasteiger charge is 2.32. The molecule has 1 aliphatic rings. The normalized spacial score (nSPS) is 25.3. The van der Waals surface area contributed by atoms with Crippen molar-refractivity contribution in [2.24, 2.45) is 5.92 Å². The third-order valence-corrected chi connectivity index (χ3v) is 4.59. The van der Waals surface area contributed by atoms with Gasteiger partial charge in [-0.2, -0.15) is 0 Å². The molecule has 0 heterocycles. The topological polar surface area (TPSA) is 47.6 Å². The van der Waals surface area contributed by atoms with E-state index in [1.54, 1.807) is 0 Å². The summed E-state index contributed by atoms with van der Waals surface area (Å²) in [7, 11) is 1.45. The van der Waals surface area contributed by atoms with Crippen molar-refractivity contribution in [3.05, 3.63) is 0 Å². The second-order valence-electron chi connectivity index (χ2n) is 6.56. The van der Waals surface area contributed by atoms with E-state index in [-0.39, 0.29) is 5.97 Å². The lowest BCUT2D eigenvalue weighted by Crippen LogP contribution is -2.50. The van der Waals surface area contributed by atoms with E-state index in [9.17, 15) is 4.79 Å². The van der Waals surface area contributed by atoms with Crippen LogP contribution in [0.5, 0.6) is 0 Å². The van der Waals surface area contributed by atoms with E-state index in [0.717, 1.165) is 38.3 Å². The minimum absolute atomic E-state index is 0.175. The van der Waals surface area contributed by atoms with Gasteiger partial charge in [0.25, 0.3) is 0 Å². The monoisotopic (exact) mass is 299 g/mol. The van der Waals surface area contributed by atoms with Gasteiger partial charge in [0.1, 0.15) is 5.54 Å². The van der Waals surface area contributed by atoms with Crippen LogP contribution in [0.3, 0.4) is 0 Å². The molecule has 1 unspecified atom stereocenters. The first-order chi connectivity index (χ1) is 10.0. The van der Waals surface area contributed by atoms with Crippen molar-refractivity contribution in [3.8, 4) is 0 Å². The Morgan fingerprint density at radius 3 is 2.48 bits per heavy atom. The van der Waals surface area contributed by atoms with E-state index in [1.807, 2.05) is 13.8 Å². The van der Waals surface area contributed by atoms with E-state index in [0.29, 0.717) is 6.10 Å². The summed E-state index contributed by atoms with van der Waals surface area (Å²) in [5.74, 6) is 0.692. The summed E-state index contributed by atoms with van der Waals surface area (Å²) in [6.45, 7) is 7.83. The van der Waals surface area contributed by atoms with Crippen LogP contribution in [0.4, 0.5) is 0 Å². The largest absolute Gasteiger partial charge is 0.468 e. The second kappa shape index (κ2) is 9.42. The maximum atomic E-state index is 11.8. The van der Waals surface area contributed by atoms with Crippen molar-refractivity contribution in [3.63, 3.8) is 0 Å². The maximum absolute atomic E-state index is 11.8. The van der Waals surface area contributed by atoms with Crippen molar-refractivity contribution < 1.29 is 14.3 Å².